The Morgan fingerprint density at radius 2 is 1.79 bits per heavy atom. The molecule has 0 aliphatic heterocycles. The predicted octanol–water partition coefficient (Wildman–Crippen LogP) is 4.22. The molecule has 28 heavy (non-hydrogen) atoms. The third-order valence-electron chi connectivity index (χ3n) is 3.36. The molecule has 0 radical (unpaired) electrons. The smallest absolute Gasteiger partial charge is 0.334 e. The SMILES string of the molecule is COc1ccccc1Oc1ccc(S(=O)(=O)NC(=O)Nc2ncc(Br)s2)cc1. The van der Waals surface area contributed by atoms with Crippen LogP contribution in [0.25, 0.3) is 0 Å². The molecule has 146 valence electrons. The molecule has 0 fully saturated rings. The number of methoxy groups -OCH3 is 1. The van der Waals surface area contributed by atoms with Crippen LogP contribution in [0.4, 0.5) is 9.93 Å². The molecular formula is C17H14BrN3O5S2. The average molecular weight is 484 g/mol. The molecule has 0 unspecified atom stereocenters. The highest BCUT2D eigenvalue weighted by Gasteiger charge is 2.18. The highest BCUT2D eigenvalue weighted by molar-refractivity contribution is 9.11. The fraction of sp³-hybridized carbons (Fsp3) is 0.0588. The molecule has 0 saturated heterocycles. The Bertz CT molecular complexity index is 1080. The summed E-state index contributed by atoms with van der Waals surface area (Å²) < 4.78 is 38.2. The van der Waals surface area contributed by atoms with E-state index in [0.717, 1.165) is 11.3 Å². The average Bonchev–Trinajstić information content (AvgIpc) is 3.06. The predicted molar refractivity (Wildman–Crippen MR) is 109 cm³/mol. The number of sulfonamides is 1. The summed E-state index contributed by atoms with van der Waals surface area (Å²) in [6.45, 7) is 0. The molecule has 0 bridgehead atoms. The first kappa shape index (κ1) is 20.1. The zero-order valence-corrected chi connectivity index (χ0v) is 17.6. The first-order valence-corrected chi connectivity index (χ1v) is 10.8. The molecule has 8 nitrogen and oxygen atoms in total. The van der Waals surface area contributed by atoms with Crippen molar-refractivity contribution in [2.24, 2.45) is 0 Å². The number of urea groups is 1. The number of hydrogen-bond acceptors (Lipinski definition) is 7. The summed E-state index contributed by atoms with van der Waals surface area (Å²) in [6.07, 6.45) is 1.50. The van der Waals surface area contributed by atoms with Crippen molar-refractivity contribution in [2.45, 2.75) is 4.90 Å². The van der Waals surface area contributed by atoms with Crippen LogP contribution in [-0.2, 0) is 10.0 Å². The highest BCUT2D eigenvalue weighted by Crippen LogP contribution is 2.31. The number of anilines is 1. The van der Waals surface area contributed by atoms with E-state index in [2.05, 4.69) is 26.2 Å². The number of amides is 2. The topological polar surface area (TPSA) is 107 Å². The van der Waals surface area contributed by atoms with E-state index in [1.807, 2.05) is 10.8 Å². The highest BCUT2D eigenvalue weighted by atomic mass is 79.9. The van der Waals surface area contributed by atoms with Crippen LogP contribution in [0.5, 0.6) is 17.2 Å². The molecule has 1 aromatic heterocycles. The van der Waals surface area contributed by atoms with Gasteiger partial charge in [0.1, 0.15) is 5.75 Å². The number of nitrogens with one attached hydrogen (secondary N) is 2. The Morgan fingerprint density at radius 1 is 1.11 bits per heavy atom. The van der Waals surface area contributed by atoms with Crippen molar-refractivity contribution in [3.63, 3.8) is 0 Å². The van der Waals surface area contributed by atoms with Gasteiger partial charge in [-0.15, -0.1) is 0 Å². The second-order valence-corrected chi connectivity index (χ2v) is 9.35. The van der Waals surface area contributed by atoms with Gasteiger partial charge in [-0.05, 0) is 52.3 Å². The van der Waals surface area contributed by atoms with Crippen molar-refractivity contribution in [3.8, 4) is 17.2 Å². The van der Waals surface area contributed by atoms with E-state index in [9.17, 15) is 13.2 Å². The van der Waals surface area contributed by atoms with Crippen LogP contribution in [0.1, 0.15) is 0 Å². The lowest BCUT2D eigenvalue weighted by atomic mass is 10.3. The second kappa shape index (κ2) is 8.59. The number of thiazole rings is 1. The third kappa shape index (κ3) is 5.00. The summed E-state index contributed by atoms with van der Waals surface area (Å²) in [5.74, 6) is 1.46. The van der Waals surface area contributed by atoms with E-state index in [1.165, 1.54) is 37.6 Å². The quantitative estimate of drug-likeness (QED) is 0.543. The molecular weight excluding hydrogens is 470 g/mol. The molecule has 2 N–H and O–H groups in total. The number of para-hydroxylation sites is 2. The first-order chi connectivity index (χ1) is 13.4. The van der Waals surface area contributed by atoms with Gasteiger partial charge in [-0.25, -0.2) is 22.9 Å². The van der Waals surface area contributed by atoms with Gasteiger partial charge in [-0.1, -0.05) is 23.5 Å². The van der Waals surface area contributed by atoms with E-state index in [1.54, 1.807) is 18.2 Å². The van der Waals surface area contributed by atoms with Crippen LogP contribution in [0.15, 0.2) is 63.4 Å². The van der Waals surface area contributed by atoms with Gasteiger partial charge in [0.05, 0.1) is 22.0 Å². The molecule has 1 heterocycles. The third-order valence-corrected chi connectivity index (χ3v) is 6.09. The van der Waals surface area contributed by atoms with Crippen LogP contribution >= 0.6 is 27.3 Å². The van der Waals surface area contributed by atoms with Gasteiger partial charge in [-0.3, -0.25) is 5.32 Å². The largest absolute Gasteiger partial charge is 0.493 e. The van der Waals surface area contributed by atoms with Gasteiger partial charge in [0.2, 0.25) is 0 Å². The van der Waals surface area contributed by atoms with Crippen molar-refractivity contribution in [1.29, 1.82) is 0 Å². The van der Waals surface area contributed by atoms with Crippen molar-refractivity contribution in [2.75, 3.05) is 12.4 Å². The number of ether oxygens (including phenoxy) is 2. The van der Waals surface area contributed by atoms with Crippen molar-refractivity contribution in [1.82, 2.24) is 9.71 Å². The van der Waals surface area contributed by atoms with Crippen LogP contribution < -0.4 is 19.5 Å². The fourth-order valence-electron chi connectivity index (χ4n) is 2.13. The van der Waals surface area contributed by atoms with Gasteiger partial charge in [0.15, 0.2) is 16.6 Å². The maximum atomic E-state index is 12.3. The molecule has 3 aromatic rings. The van der Waals surface area contributed by atoms with Gasteiger partial charge in [0.25, 0.3) is 10.0 Å². The van der Waals surface area contributed by atoms with Crippen LogP contribution in [0.3, 0.4) is 0 Å². The van der Waals surface area contributed by atoms with E-state index in [4.69, 9.17) is 9.47 Å². The number of aromatic nitrogens is 1. The lowest BCUT2D eigenvalue weighted by molar-refractivity contribution is 0.256. The molecule has 11 heteroatoms. The van der Waals surface area contributed by atoms with Gasteiger partial charge < -0.3 is 9.47 Å². The fourth-order valence-corrected chi connectivity index (χ4v) is 4.14. The minimum atomic E-state index is -4.05. The lowest BCUT2D eigenvalue weighted by Gasteiger charge is -2.11. The zero-order chi connectivity index (χ0) is 20.1. The lowest BCUT2D eigenvalue weighted by Crippen LogP contribution is -2.34. The molecule has 0 aliphatic rings. The number of halogens is 1. The van der Waals surface area contributed by atoms with Crippen LogP contribution in [0.2, 0.25) is 0 Å². The summed E-state index contributed by atoms with van der Waals surface area (Å²) in [4.78, 5) is 15.7. The molecule has 2 amide bonds. The van der Waals surface area contributed by atoms with Crippen molar-refractivity contribution in [3.05, 3.63) is 58.5 Å². The Kier molecular flexibility index (Phi) is 6.17. The number of carbonyl (C=O) groups is 1. The minimum Gasteiger partial charge on any atom is -0.493 e. The van der Waals surface area contributed by atoms with E-state index < -0.39 is 16.1 Å². The molecule has 2 aromatic carbocycles. The maximum absolute atomic E-state index is 12.3. The molecule has 0 atom stereocenters. The second-order valence-electron chi connectivity index (χ2n) is 5.25. The molecule has 0 spiro atoms. The van der Waals surface area contributed by atoms with Crippen LogP contribution in [0, 0.1) is 0 Å². The van der Waals surface area contributed by atoms with E-state index in [-0.39, 0.29) is 10.0 Å². The summed E-state index contributed by atoms with van der Waals surface area (Å²) in [6, 6.07) is 11.8. The Balaban J connectivity index is 1.68. The monoisotopic (exact) mass is 483 g/mol. The van der Waals surface area contributed by atoms with E-state index in [0.29, 0.717) is 21.0 Å². The molecule has 0 saturated carbocycles. The Labute approximate surface area is 173 Å². The van der Waals surface area contributed by atoms with Crippen molar-refractivity contribution >= 4 is 48.5 Å². The van der Waals surface area contributed by atoms with Crippen molar-refractivity contribution < 1.29 is 22.7 Å². The summed E-state index contributed by atoms with van der Waals surface area (Å²) in [5.41, 5.74) is 0. The van der Waals surface area contributed by atoms with Gasteiger partial charge >= 0.3 is 6.03 Å². The summed E-state index contributed by atoms with van der Waals surface area (Å²) >= 11 is 4.36. The van der Waals surface area contributed by atoms with Gasteiger partial charge in [0, 0.05) is 0 Å². The van der Waals surface area contributed by atoms with Crippen LogP contribution in [-0.4, -0.2) is 26.5 Å². The normalized spacial score (nSPS) is 10.9. The number of nitrogens with zero attached hydrogens (tertiary/aromatic N) is 1. The molecule has 3 rings (SSSR count). The van der Waals surface area contributed by atoms with Gasteiger partial charge in [-0.2, -0.15) is 0 Å². The number of rotatable bonds is 6. The summed E-state index contributed by atoms with van der Waals surface area (Å²) in [7, 11) is -2.53. The number of carbonyl (C=O) groups excluding carboxylic acids is 1. The van der Waals surface area contributed by atoms with E-state index >= 15 is 0 Å². The minimum absolute atomic E-state index is 0.0876. The zero-order valence-electron chi connectivity index (χ0n) is 14.4. The Hall–Kier alpha value is -2.63. The molecule has 0 aliphatic carbocycles. The maximum Gasteiger partial charge on any atom is 0.334 e. The number of benzene rings is 2. The Morgan fingerprint density at radius 3 is 2.39 bits per heavy atom. The summed E-state index contributed by atoms with van der Waals surface area (Å²) in [5, 5.41) is 2.62. The standard InChI is InChI=1S/C17H14BrN3O5S2/c1-25-13-4-2-3-5-14(13)26-11-6-8-12(9-7-11)28(23,24)21-16(22)20-17-19-10-15(18)27-17/h2-10H,1H3,(H2,19,20,21,22). The number of hydrogen-bond donors (Lipinski definition) is 2. The first-order valence-electron chi connectivity index (χ1n) is 7.73.